The van der Waals surface area contributed by atoms with Gasteiger partial charge >= 0.3 is 0 Å². The van der Waals surface area contributed by atoms with E-state index in [0.717, 1.165) is 61.5 Å². The maximum atomic E-state index is 13.3. The summed E-state index contributed by atoms with van der Waals surface area (Å²) in [6, 6.07) is 11.2. The lowest BCUT2D eigenvalue weighted by Crippen LogP contribution is -2.44. The monoisotopic (exact) mass is 614 g/mol. The summed E-state index contributed by atoms with van der Waals surface area (Å²) in [4.78, 5) is 15.7. The number of benzene rings is 2. The van der Waals surface area contributed by atoms with E-state index in [0.29, 0.717) is 55.6 Å². The normalized spacial score (nSPS) is 27.2. The topological polar surface area (TPSA) is 84.9 Å². The largest absolute Gasteiger partial charge is 0.487 e. The van der Waals surface area contributed by atoms with Crippen LogP contribution in [-0.4, -0.2) is 45.4 Å². The number of fused-ring (bicyclic) bond motifs is 3. The number of ether oxygens (including phenoxy) is 2. The minimum absolute atomic E-state index is 0.00304. The Balaban J connectivity index is 1.54. The molecule has 3 aliphatic rings. The van der Waals surface area contributed by atoms with Gasteiger partial charge in [0.2, 0.25) is 10.0 Å². The highest BCUT2D eigenvalue weighted by Crippen LogP contribution is 2.41. The summed E-state index contributed by atoms with van der Waals surface area (Å²) >= 11 is 6.32. The molecule has 2 bridgehead atoms. The molecule has 1 fully saturated rings. The first-order valence-electron chi connectivity index (χ1n) is 15.4. The van der Waals surface area contributed by atoms with Crippen molar-refractivity contribution in [3.63, 3.8) is 0 Å². The number of amides is 1. The molecule has 4 atom stereocenters. The van der Waals surface area contributed by atoms with E-state index in [1.807, 2.05) is 38.1 Å². The lowest BCUT2D eigenvalue weighted by atomic mass is 9.70. The number of sulfonamides is 1. The molecule has 42 heavy (non-hydrogen) atoms. The second-order valence-electron chi connectivity index (χ2n) is 11.7. The van der Waals surface area contributed by atoms with Crippen LogP contribution in [0.4, 0.5) is 5.69 Å². The zero-order chi connectivity index (χ0) is 29.7. The predicted molar refractivity (Wildman–Crippen MR) is 168 cm³/mol. The molecule has 0 unspecified atom stereocenters. The molecule has 1 N–H and O–H groups in total. The maximum Gasteiger partial charge on any atom is 0.264 e. The molecule has 7 nitrogen and oxygen atoms in total. The maximum absolute atomic E-state index is 13.3. The standard InChI is InChI=1S/C33H43ClN2O5S/c1-3-28-10-5-6-11-31(40-4-2)29-16-13-25(29)21-36-18-8-7-9-23-19-27(34)15-12-26(23)22-41-32-17-14-24(20-30(32)36)33(37)35-42(28,38)39/h6,11-12,14-15,17,19-20,25,28-29,31H,3-5,7-10,13,16,18,21-22H2,1-2H3,(H,35,37)/b11-6+/t25-,28+,29+,31-/m0/s1. The number of hydrogen-bond acceptors (Lipinski definition) is 6. The Labute approximate surface area is 255 Å². The Morgan fingerprint density at radius 2 is 1.93 bits per heavy atom. The molecule has 1 saturated carbocycles. The van der Waals surface area contributed by atoms with E-state index in [2.05, 4.69) is 21.8 Å². The van der Waals surface area contributed by atoms with Crippen molar-refractivity contribution in [1.82, 2.24) is 4.72 Å². The number of hydrogen-bond donors (Lipinski definition) is 1. The zero-order valence-corrected chi connectivity index (χ0v) is 26.3. The quantitative estimate of drug-likeness (QED) is 0.388. The van der Waals surface area contributed by atoms with Gasteiger partial charge in [-0.3, -0.25) is 4.79 Å². The Bertz CT molecular complexity index is 1390. The number of nitrogens with one attached hydrogen (secondary N) is 1. The fourth-order valence-corrected chi connectivity index (χ4v) is 8.12. The van der Waals surface area contributed by atoms with Crippen molar-refractivity contribution in [3.8, 4) is 5.75 Å². The molecule has 0 spiro atoms. The first-order valence-corrected chi connectivity index (χ1v) is 17.3. The Hall–Kier alpha value is -2.55. The van der Waals surface area contributed by atoms with Gasteiger partial charge in [-0.2, -0.15) is 0 Å². The number of aryl methyl sites for hydroxylation is 1. The van der Waals surface area contributed by atoms with E-state index in [4.69, 9.17) is 21.1 Å². The van der Waals surface area contributed by atoms with Gasteiger partial charge < -0.3 is 14.4 Å². The van der Waals surface area contributed by atoms with Gasteiger partial charge in [-0.15, -0.1) is 0 Å². The van der Waals surface area contributed by atoms with Gasteiger partial charge in [-0.05, 0) is 112 Å². The van der Waals surface area contributed by atoms with E-state index in [1.54, 1.807) is 12.1 Å². The van der Waals surface area contributed by atoms with E-state index in [9.17, 15) is 13.2 Å². The third kappa shape index (κ3) is 7.14. The van der Waals surface area contributed by atoms with Gasteiger partial charge in [0, 0.05) is 30.3 Å². The van der Waals surface area contributed by atoms with Crippen LogP contribution < -0.4 is 14.4 Å². The van der Waals surface area contributed by atoms with Crippen molar-refractivity contribution < 1.29 is 22.7 Å². The summed E-state index contributed by atoms with van der Waals surface area (Å²) in [5.74, 6) is 0.905. The van der Waals surface area contributed by atoms with Crippen LogP contribution in [0.1, 0.15) is 80.3 Å². The Kier molecular flexibility index (Phi) is 10.2. The molecule has 2 aromatic rings. The molecule has 1 amide bonds. The summed E-state index contributed by atoms with van der Waals surface area (Å²) < 4.78 is 41.5. The van der Waals surface area contributed by atoms with Crippen LogP contribution >= 0.6 is 11.6 Å². The molecule has 1 aliphatic carbocycles. The van der Waals surface area contributed by atoms with Gasteiger partial charge in [0.1, 0.15) is 12.4 Å². The molecule has 2 aromatic carbocycles. The van der Waals surface area contributed by atoms with Gasteiger partial charge in [0.25, 0.3) is 5.91 Å². The van der Waals surface area contributed by atoms with Crippen molar-refractivity contribution >= 4 is 33.2 Å². The zero-order valence-electron chi connectivity index (χ0n) is 24.7. The van der Waals surface area contributed by atoms with Crippen molar-refractivity contribution in [3.05, 3.63) is 70.3 Å². The summed E-state index contributed by atoms with van der Waals surface area (Å²) in [6.45, 7) is 6.50. The van der Waals surface area contributed by atoms with Crippen molar-refractivity contribution in [1.29, 1.82) is 0 Å². The number of nitrogens with zero attached hydrogens (tertiary/aromatic N) is 1. The molecule has 2 aliphatic heterocycles. The summed E-state index contributed by atoms with van der Waals surface area (Å²) in [5, 5.41) is 0.0641. The second-order valence-corrected chi connectivity index (χ2v) is 14.1. The first-order chi connectivity index (χ1) is 20.3. The smallest absolute Gasteiger partial charge is 0.264 e. The summed E-state index contributed by atoms with van der Waals surface area (Å²) in [5.41, 5.74) is 3.43. The lowest BCUT2D eigenvalue weighted by molar-refractivity contribution is -0.00841. The molecule has 0 saturated heterocycles. The molecular formula is C33H43ClN2O5S. The predicted octanol–water partition coefficient (Wildman–Crippen LogP) is 6.68. The number of carbonyl (C=O) groups is 1. The average molecular weight is 615 g/mol. The van der Waals surface area contributed by atoms with Crippen LogP contribution in [0.5, 0.6) is 5.75 Å². The van der Waals surface area contributed by atoms with E-state index in [-0.39, 0.29) is 6.10 Å². The van der Waals surface area contributed by atoms with E-state index < -0.39 is 21.2 Å². The summed E-state index contributed by atoms with van der Waals surface area (Å²) in [7, 11) is -3.85. The van der Waals surface area contributed by atoms with E-state index in [1.165, 1.54) is 5.56 Å². The Morgan fingerprint density at radius 3 is 2.69 bits per heavy atom. The van der Waals surface area contributed by atoms with Crippen LogP contribution in [0, 0.1) is 11.8 Å². The van der Waals surface area contributed by atoms with Gasteiger partial charge in [-0.1, -0.05) is 36.7 Å². The van der Waals surface area contributed by atoms with Gasteiger partial charge in [0.05, 0.1) is 17.0 Å². The van der Waals surface area contributed by atoms with Crippen LogP contribution in [-0.2, 0) is 27.8 Å². The molecule has 2 heterocycles. The van der Waals surface area contributed by atoms with Gasteiger partial charge in [0.15, 0.2) is 0 Å². The third-order valence-electron chi connectivity index (χ3n) is 9.06. The number of allylic oxidation sites excluding steroid dienone is 1. The molecule has 228 valence electrons. The Morgan fingerprint density at radius 1 is 1.07 bits per heavy atom. The van der Waals surface area contributed by atoms with Crippen molar-refractivity contribution in [2.45, 2.75) is 83.2 Å². The van der Waals surface area contributed by atoms with Crippen LogP contribution in [0.3, 0.4) is 0 Å². The second kappa shape index (κ2) is 13.8. The highest BCUT2D eigenvalue weighted by atomic mass is 35.5. The van der Waals surface area contributed by atoms with Crippen molar-refractivity contribution in [2.24, 2.45) is 11.8 Å². The SMILES string of the molecule is CCO[C@H]1/C=C/CC[C@@H](CC)S(=O)(=O)NC(=O)c2ccc3c(c2)N(CCCCc2cc(Cl)ccc2CO3)C[C@@H]2CC[C@H]21. The number of carbonyl (C=O) groups excluding carboxylic acids is 1. The minimum Gasteiger partial charge on any atom is -0.487 e. The van der Waals surface area contributed by atoms with Crippen LogP contribution in [0.15, 0.2) is 48.6 Å². The summed E-state index contributed by atoms with van der Waals surface area (Å²) in [6.07, 6.45) is 10.8. The molecule has 5 rings (SSSR count). The molecular weight excluding hydrogens is 572 g/mol. The molecule has 0 radical (unpaired) electrons. The average Bonchev–Trinajstić information content (AvgIpc) is 2.97. The van der Waals surface area contributed by atoms with Crippen LogP contribution in [0.2, 0.25) is 5.02 Å². The number of halogens is 1. The molecule has 9 heteroatoms. The number of anilines is 1. The lowest BCUT2D eigenvalue weighted by Gasteiger charge is -2.44. The van der Waals surface area contributed by atoms with Gasteiger partial charge in [-0.25, -0.2) is 13.1 Å². The van der Waals surface area contributed by atoms with Crippen LogP contribution in [0.25, 0.3) is 0 Å². The first kappa shape index (κ1) is 30.9. The third-order valence-corrected chi connectivity index (χ3v) is 11.2. The fraction of sp³-hybridized carbons (Fsp3) is 0.545. The number of rotatable bonds is 3. The minimum atomic E-state index is -3.85. The van der Waals surface area contributed by atoms with E-state index >= 15 is 0 Å². The fourth-order valence-electron chi connectivity index (χ4n) is 6.49. The highest BCUT2D eigenvalue weighted by molar-refractivity contribution is 7.90. The van der Waals surface area contributed by atoms with Crippen molar-refractivity contribution in [2.75, 3.05) is 24.6 Å². The highest BCUT2D eigenvalue weighted by Gasteiger charge is 2.38. The molecule has 0 aromatic heterocycles.